The number of nitrogens with one attached hydrogen (secondary N) is 1. The number of anilines is 1. The first-order valence-electron chi connectivity index (χ1n) is 9.25. The molecular formula is C21H19BrN2O3S. The maximum absolute atomic E-state index is 13.0. The van der Waals surface area contributed by atoms with E-state index in [1.54, 1.807) is 6.92 Å². The molecule has 5 rings (SSSR count). The molecular weight excluding hydrogens is 440 g/mol. The smallest absolute Gasteiger partial charge is 0.240 e. The molecule has 144 valence electrons. The van der Waals surface area contributed by atoms with Crippen LogP contribution < -0.4 is 4.72 Å². The van der Waals surface area contributed by atoms with E-state index in [0.717, 1.165) is 40.4 Å². The summed E-state index contributed by atoms with van der Waals surface area (Å²) in [6, 6.07) is 15.4. The predicted molar refractivity (Wildman–Crippen MR) is 112 cm³/mol. The quantitative estimate of drug-likeness (QED) is 0.583. The van der Waals surface area contributed by atoms with Crippen LogP contribution >= 0.6 is 15.9 Å². The molecule has 0 amide bonds. The second-order valence-electron chi connectivity index (χ2n) is 7.69. The van der Waals surface area contributed by atoms with Crippen molar-refractivity contribution in [3.63, 3.8) is 0 Å². The fourth-order valence-electron chi connectivity index (χ4n) is 4.09. The normalized spacial score (nSPS) is 17.6. The summed E-state index contributed by atoms with van der Waals surface area (Å²) in [5, 5.41) is 3.41. The van der Waals surface area contributed by atoms with Crippen LogP contribution in [0.3, 0.4) is 0 Å². The molecule has 1 aromatic heterocycles. The van der Waals surface area contributed by atoms with Crippen LogP contribution in [-0.4, -0.2) is 13.6 Å². The van der Waals surface area contributed by atoms with Crippen LogP contribution in [0.1, 0.15) is 41.7 Å². The van der Waals surface area contributed by atoms with Crippen LogP contribution in [0, 0.1) is 0 Å². The highest BCUT2D eigenvalue weighted by Gasteiger charge is 2.50. The largest absolute Gasteiger partial charge is 0.354 e. The molecule has 0 aliphatic heterocycles. The average Bonchev–Trinajstić information content (AvgIpc) is 3.35. The number of rotatable bonds is 4. The molecule has 1 saturated carbocycles. The van der Waals surface area contributed by atoms with Gasteiger partial charge in [-0.3, -0.25) is 4.72 Å². The summed E-state index contributed by atoms with van der Waals surface area (Å²) in [4.78, 5) is 0. The van der Waals surface area contributed by atoms with E-state index in [1.807, 2.05) is 42.5 Å². The third-order valence-electron chi connectivity index (χ3n) is 5.93. The maximum atomic E-state index is 13.0. The highest BCUT2D eigenvalue weighted by Crippen LogP contribution is 2.58. The number of aromatic nitrogens is 1. The number of hydrogen-bond donors (Lipinski definition) is 1. The van der Waals surface area contributed by atoms with Crippen LogP contribution in [0.15, 0.2) is 57.5 Å². The second kappa shape index (κ2) is 6.19. The monoisotopic (exact) mass is 458 g/mol. The molecule has 1 fully saturated rings. The Morgan fingerprint density at radius 1 is 1.18 bits per heavy atom. The summed E-state index contributed by atoms with van der Waals surface area (Å²) in [5.74, 6) is 0.980. The lowest BCUT2D eigenvalue weighted by Gasteiger charge is -2.24. The number of halogens is 1. The van der Waals surface area contributed by atoms with Gasteiger partial charge in [-0.25, -0.2) is 8.42 Å². The Kier molecular flexibility index (Phi) is 3.97. The van der Waals surface area contributed by atoms with Crippen molar-refractivity contribution >= 4 is 31.8 Å². The van der Waals surface area contributed by atoms with E-state index in [-0.39, 0.29) is 5.41 Å². The van der Waals surface area contributed by atoms with Gasteiger partial charge in [0.1, 0.15) is 5.25 Å². The molecule has 0 bridgehead atoms. The van der Waals surface area contributed by atoms with Crippen molar-refractivity contribution in [1.29, 1.82) is 0 Å². The molecule has 1 unspecified atom stereocenters. The topological polar surface area (TPSA) is 72.2 Å². The molecule has 5 nitrogen and oxygen atoms in total. The van der Waals surface area contributed by atoms with E-state index in [0.29, 0.717) is 11.6 Å². The first-order valence-corrected chi connectivity index (χ1v) is 11.6. The van der Waals surface area contributed by atoms with E-state index in [1.165, 1.54) is 5.56 Å². The number of hydrogen-bond acceptors (Lipinski definition) is 4. The van der Waals surface area contributed by atoms with Crippen molar-refractivity contribution in [2.24, 2.45) is 0 Å². The lowest BCUT2D eigenvalue weighted by Crippen LogP contribution is -2.22. The van der Waals surface area contributed by atoms with Crippen molar-refractivity contribution in [3.05, 3.63) is 69.7 Å². The Labute approximate surface area is 172 Å². The molecule has 0 radical (unpaired) electrons. The van der Waals surface area contributed by atoms with Gasteiger partial charge in [0.05, 0.1) is 0 Å². The van der Waals surface area contributed by atoms with Crippen molar-refractivity contribution in [3.8, 4) is 11.3 Å². The Morgan fingerprint density at radius 2 is 1.93 bits per heavy atom. The predicted octanol–water partition coefficient (Wildman–Crippen LogP) is 5.19. The molecule has 1 spiro atoms. The third-order valence-corrected chi connectivity index (χ3v) is 8.10. The average molecular weight is 459 g/mol. The molecule has 3 aromatic rings. The maximum Gasteiger partial charge on any atom is 0.240 e. The Balaban J connectivity index is 1.53. The Bertz CT molecular complexity index is 1170. The summed E-state index contributed by atoms with van der Waals surface area (Å²) in [6.45, 7) is 1.68. The van der Waals surface area contributed by atoms with Crippen LogP contribution in [0.5, 0.6) is 0 Å². The van der Waals surface area contributed by atoms with E-state index in [4.69, 9.17) is 4.52 Å². The zero-order valence-electron chi connectivity index (χ0n) is 15.3. The summed E-state index contributed by atoms with van der Waals surface area (Å²) >= 11 is 3.53. The van der Waals surface area contributed by atoms with E-state index in [2.05, 4.69) is 31.9 Å². The van der Waals surface area contributed by atoms with Crippen molar-refractivity contribution in [1.82, 2.24) is 5.16 Å². The van der Waals surface area contributed by atoms with Crippen LogP contribution in [-0.2, 0) is 21.9 Å². The lowest BCUT2D eigenvalue weighted by molar-refractivity contribution is 0.431. The van der Waals surface area contributed by atoms with E-state index < -0.39 is 15.3 Å². The van der Waals surface area contributed by atoms with Crippen molar-refractivity contribution < 1.29 is 12.9 Å². The number of benzene rings is 2. The minimum absolute atomic E-state index is 0.0832. The Morgan fingerprint density at radius 3 is 2.64 bits per heavy atom. The fraction of sp³-hybridized carbons (Fsp3) is 0.286. The van der Waals surface area contributed by atoms with Gasteiger partial charge >= 0.3 is 0 Å². The van der Waals surface area contributed by atoms with E-state index >= 15 is 0 Å². The first kappa shape index (κ1) is 17.9. The number of fused-ring (bicyclic) bond motifs is 4. The van der Waals surface area contributed by atoms with Gasteiger partial charge < -0.3 is 4.52 Å². The molecule has 1 atom stereocenters. The summed E-state index contributed by atoms with van der Waals surface area (Å²) in [6.07, 6.45) is 2.94. The van der Waals surface area contributed by atoms with Gasteiger partial charge in [-0.15, -0.1) is 0 Å². The minimum Gasteiger partial charge on any atom is -0.354 e. The highest BCUT2D eigenvalue weighted by molar-refractivity contribution is 9.10. The highest BCUT2D eigenvalue weighted by atomic mass is 79.9. The number of nitrogens with zero attached hydrogens (tertiary/aromatic N) is 1. The molecule has 1 heterocycles. The molecule has 28 heavy (non-hydrogen) atoms. The van der Waals surface area contributed by atoms with Gasteiger partial charge in [-0.2, -0.15) is 0 Å². The molecule has 2 aliphatic rings. The molecule has 2 aliphatic carbocycles. The standard InChI is InChI=1S/C21H19BrN2O3S/c1-13(14-5-3-2-4-6-14)28(25,26)24-20-17-12-21(9-10-21)18-8-7-15(22)11-16(18)19(17)27-23-20/h2-8,11,13H,9-10,12H2,1H3,(H,23,24). The lowest BCUT2D eigenvalue weighted by atomic mass is 9.79. The van der Waals surface area contributed by atoms with Gasteiger partial charge in [0.15, 0.2) is 11.6 Å². The molecule has 1 N–H and O–H groups in total. The van der Waals surface area contributed by atoms with Crippen LogP contribution in [0.4, 0.5) is 5.82 Å². The number of sulfonamides is 1. The SMILES string of the molecule is CC(c1ccccc1)S(=O)(=O)Nc1noc2c1CC1(CC1)c1ccc(Br)cc1-2. The van der Waals surface area contributed by atoms with Crippen molar-refractivity contribution in [2.45, 2.75) is 36.9 Å². The summed E-state index contributed by atoms with van der Waals surface area (Å²) in [7, 11) is -3.65. The zero-order valence-corrected chi connectivity index (χ0v) is 17.7. The fourth-order valence-corrected chi connectivity index (χ4v) is 5.57. The van der Waals surface area contributed by atoms with Gasteiger partial charge in [-0.1, -0.05) is 57.5 Å². The molecule has 2 aromatic carbocycles. The van der Waals surface area contributed by atoms with Gasteiger partial charge in [0.25, 0.3) is 0 Å². The van der Waals surface area contributed by atoms with Crippen molar-refractivity contribution in [2.75, 3.05) is 4.72 Å². The summed E-state index contributed by atoms with van der Waals surface area (Å²) < 4.78 is 35.2. The van der Waals surface area contributed by atoms with Gasteiger partial charge in [0, 0.05) is 21.0 Å². The molecule has 0 saturated heterocycles. The van der Waals surface area contributed by atoms with Crippen LogP contribution in [0.2, 0.25) is 0 Å². The van der Waals surface area contributed by atoms with E-state index in [9.17, 15) is 8.42 Å². The Hall–Kier alpha value is -2.12. The second-order valence-corrected chi connectivity index (χ2v) is 10.6. The van der Waals surface area contributed by atoms with Crippen LogP contribution in [0.25, 0.3) is 11.3 Å². The third kappa shape index (κ3) is 2.79. The summed E-state index contributed by atoms with van der Waals surface area (Å²) in [5.41, 5.74) is 3.95. The van der Waals surface area contributed by atoms with Gasteiger partial charge in [0.2, 0.25) is 10.0 Å². The van der Waals surface area contributed by atoms with Gasteiger partial charge in [-0.05, 0) is 49.4 Å². The minimum atomic E-state index is -3.65. The molecule has 7 heteroatoms. The zero-order chi connectivity index (χ0) is 19.5. The first-order chi connectivity index (χ1) is 13.4.